The summed E-state index contributed by atoms with van der Waals surface area (Å²) in [5.74, 6) is 0. The van der Waals surface area contributed by atoms with Gasteiger partial charge < -0.3 is 10.0 Å². The molecule has 3 heteroatoms. The molecule has 1 aliphatic rings. The molecule has 0 amide bonds. The van der Waals surface area contributed by atoms with Gasteiger partial charge in [-0.15, -0.1) is 0 Å². The minimum atomic E-state index is 0.232. The van der Waals surface area contributed by atoms with E-state index in [0.717, 1.165) is 0 Å². The molecule has 2 aromatic carbocycles. The highest BCUT2D eigenvalue weighted by Gasteiger charge is 2.35. The van der Waals surface area contributed by atoms with Gasteiger partial charge in [0, 0.05) is 11.3 Å². The van der Waals surface area contributed by atoms with E-state index in [0.29, 0.717) is 12.1 Å². The van der Waals surface area contributed by atoms with E-state index in [1.165, 1.54) is 22.3 Å². The standard InChI is InChI=1S/C18H23BN2/c1-13(2)21(14(3)4)19-17-11-7-5-9-15(17)16-10-6-8-12-18(16)20-19/h5-14,20H,1-4H3. The average Bonchev–Trinajstić information content (AvgIpc) is 2.47. The van der Waals surface area contributed by atoms with Crippen LogP contribution in [0.25, 0.3) is 11.1 Å². The summed E-state index contributed by atoms with van der Waals surface area (Å²) in [6.07, 6.45) is 0. The van der Waals surface area contributed by atoms with Gasteiger partial charge in [-0.25, -0.2) is 0 Å². The number of nitrogens with zero attached hydrogens (tertiary/aromatic N) is 1. The van der Waals surface area contributed by atoms with Crippen molar-refractivity contribution in [1.82, 2.24) is 4.81 Å². The molecule has 0 saturated heterocycles. The lowest BCUT2D eigenvalue weighted by Gasteiger charge is -2.40. The Hall–Kier alpha value is -1.74. The molecule has 0 spiro atoms. The van der Waals surface area contributed by atoms with E-state index >= 15 is 0 Å². The van der Waals surface area contributed by atoms with Crippen molar-refractivity contribution >= 4 is 18.1 Å². The van der Waals surface area contributed by atoms with Gasteiger partial charge in [-0.3, -0.25) is 0 Å². The van der Waals surface area contributed by atoms with Crippen molar-refractivity contribution in [3.8, 4) is 11.1 Å². The molecule has 0 radical (unpaired) electrons. The summed E-state index contributed by atoms with van der Waals surface area (Å²) in [5, 5.41) is 3.74. The average molecular weight is 278 g/mol. The Morgan fingerprint density at radius 1 is 0.810 bits per heavy atom. The van der Waals surface area contributed by atoms with Crippen LogP contribution in [-0.4, -0.2) is 23.9 Å². The van der Waals surface area contributed by atoms with Gasteiger partial charge in [0.1, 0.15) is 0 Å². The minimum absolute atomic E-state index is 0.232. The second-order valence-corrected chi connectivity index (χ2v) is 6.31. The van der Waals surface area contributed by atoms with Crippen molar-refractivity contribution < 1.29 is 0 Å². The van der Waals surface area contributed by atoms with Crippen LogP contribution in [0, 0.1) is 0 Å². The predicted molar refractivity (Wildman–Crippen MR) is 93.0 cm³/mol. The van der Waals surface area contributed by atoms with Gasteiger partial charge in [0.05, 0.1) is 0 Å². The molecule has 2 aromatic rings. The van der Waals surface area contributed by atoms with Crippen LogP contribution in [0.3, 0.4) is 0 Å². The third-order valence-electron chi connectivity index (χ3n) is 4.26. The molecular formula is C18H23BN2. The van der Waals surface area contributed by atoms with E-state index in [1.54, 1.807) is 0 Å². The summed E-state index contributed by atoms with van der Waals surface area (Å²) in [4.78, 5) is 2.54. The lowest BCUT2D eigenvalue weighted by molar-refractivity contribution is 0.308. The van der Waals surface area contributed by atoms with Crippen LogP contribution >= 0.6 is 0 Å². The molecule has 0 aliphatic carbocycles. The van der Waals surface area contributed by atoms with Crippen LogP contribution in [0.1, 0.15) is 27.7 Å². The van der Waals surface area contributed by atoms with Crippen LogP contribution in [0.2, 0.25) is 0 Å². The maximum Gasteiger partial charge on any atom is 0.377 e. The number of benzene rings is 2. The van der Waals surface area contributed by atoms with Gasteiger partial charge in [-0.2, -0.15) is 0 Å². The maximum absolute atomic E-state index is 3.74. The van der Waals surface area contributed by atoms with E-state index in [2.05, 4.69) is 86.3 Å². The largest absolute Gasteiger partial charge is 0.410 e. The molecule has 0 fully saturated rings. The lowest BCUT2D eigenvalue weighted by atomic mass is 9.59. The first-order chi connectivity index (χ1) is 10.1. The first-order valence-electron chi connectivity index (χ1n) is 7.82. The van der Waals surface area contributed by atoms with Crippen molar-refractivity contribution in [3.05, 3.63) is 48.5 Å². The number of hydrogen-bond acceptors (Lipinski definition) is 2. The van der Waals surface area contributed by atoms with Crippen LogP contribution in [0.15, 0.2) is 48.5 Å². The summed E-state index contributed by atoms with van der Waals surface area (Å²) >= 11 is 0. The summed E-state index contributed by atoms with van der Waals surface area (Å²) in [7, 11) is 0. The molecule has 0 bridgehead atoms. The number of anilines is 1. The predicted octanol–water partition coefficient (Wildman–Crippen LogP) is 3.59. The molecule has 0 aromatic heterocycles. The number of para-hydroxylation sites is 1. The van der Waals surface area contributed by atoms with Gasteiger partial charge in [-0.05, 0) is 29.2 Å². The summed E-state index contributed by atoms with van der Waals surface area (Å²) in [6, 6.07) is 18.3. The maximum atomic E-state index is 3.74. The van der Waals surface area contributed by atoms with Crippen molar-refractivity contribution in [2.45, 2.75) is 39.8 Å². The second kappa shape index (κ2) is 5.57. The van der Waals surface area contributed by atoms with Crippen molar-refractivity contribution in [2.24, 2.45) is 0 Å². The first kappa shape index (κ1) is 14.2. The minimum Gasteiger partial charge on any atom is -0.410 e. The fraction of sp³-hybridized carbons (Fsp3) is 0.333. The zero-order valence-corrected chi connectivity index (χ0v) is 13.3. The molecule has 0 unspecified atom stereocenters. The molecule has 1 N–H and O–H groups in total. The highest BCUT2D eigenvalue weighted by Crippen LogP contribution is 2.31. The Morgan fingerprint density at radius 2 is 1.38 bits per heavy atom. The first-order valence-corrected chi connectivity index (χ1v) is 7.82. The highest BCUT2D eigenvalue weighted by molar-refractivity contribution is 6.76. The Kier molecular flexibility index (Phi) is 3.77. The lowest BCUT2D eigenvalue weighted by Crippen LogP contribution is -2.60. The Bertz CT molecular complexity index is 629. The molecule has 0 atom stereocenters. The smallest absolute Gasteiger partial charge is 0.377 e. The van der Waals surface area contributed by atoms with Gasteiger partial charge in [-0.1, -0.05) is 70.2 Å². The molecular weight excluding hydrogens is 255 g/mol. The number of hydrogen-bond donors (Lipinski definition) is 1. The quantitative estimate of drug-likeness (QED) is 0.863. The fourth-order valence-corrected chi connectivity index (χ4v) is 3.48. The molecule has 3 rings (SSSR count). The van der Waals surface area contributed by atoms with Crippen molar-refractivity contribution in [3.63, 3.8) is 0 Å². The topological polar surface area (TPSA) is 15.3 Å². The van der Waals surface area contributed by atoms with Gasteiger partial charge in [0.25, 0.3) is 0 Å². The van der Waals surface area contributed by atoms with E-state index in [4.69, 9.17) is 0 Å². The van der Waals surface area contributed by atoms with Crippen molar-refractivity contribution in [1.29, 1.82) is 0 Å². The SMILES string of the molecule is CC(C)N(B1Nc2ccccc2-c2ccccc21)C(C)C. The van der Waals surface area contributed by atoms with Crippen LogP contribution in [0.4, 0.5) is 5.69 Å². The zero-order valence-electron chi connectivity index (χ0n) is 13.3. The molecule has 1 aliphatic heterocycles. The molecule has 1 heterocycles. The molecule has 2 nitrogen and oxygen atoms in total. The summed E-state index contributed by atoms with van der Waals surface area (Å²) < 4.78 is 0. The molecule has 21 heavy (non-hydrogen) atoms. The fourth-order valence-electron chi connectivity index (χ4n) is 3.48. The van der Waals surface area contributed by atoms with Gasteiger partial charge in [0.2, 0.25) is 0 Å². The number of nitrogens with one attached hydrogen (secondary N) is 1. The zero-order chi connectivity index (χ0) is 15.0. The van der Waals surface area contributed by atoms with E-state index in [1.807, 2.05) is 0 Å². The normalized spacial score (nSPS) is 13.4. The Labute approximate surface area is 128 Å². The van der Waals surface area contributed by atoms with E-state index in [-0.39, 0.29) is 6.98 Å². The second-order valence-electron chi connectivity index (χ2n) is 6.31. The molecule has 108 valence electrons. The van der Waals surface area contributed by atoms with Gasteiger partial charge in [0.15, 0.2) is 0 Å². The Balaban J connectivity index is 2.13. The Morgan fingerprint density at radius 3 is 2.05 bits per heavy atom. The highest BCUT2D eigenvalue weighted by atomic mass is 15.2. The third kappa shape index (κ3) is 2.47. The number of rotatable bonds is 3. The van der Waals surface area contributed by atoms with Crippen LogP contribution in [-0.2, 0) is 0 Å². The number of fused-ring (bicyclic) bond motifs is 3. The van der Waals surface area contributed by atoms with Crippen LogP contribution in [0.5, 0.6) is 0 Å². The van der Waals surface area contributed by atoms with Gasteiger partial charge >= 0.3 is 6.98 Å². The monoisotopic (exact) mass is 278 g/mol. The van der Waals surface area contributed by atoms with E-state index in [9.17, 15) is 0 Å². The van der Waals surface area contributed by atoms with Crippen LogP contribution < -0.4 is 10.7 Å². The van der Waals surface area contributed by atoms with E-state index < -0.39 is 0 Å². The molecule has 0 saturated carbocycles. The third-order valence-corrected chi connectivity index (χ3v) is 4.26. The van der Waals surface area contributed by atoms with Crippen molar-refractivity contribution in [2.75, 3.05) is 5.23 Å². The summed E-state index contributed by atoms with van der Waals surface area (Å²) in [6.45, 7) is 9.31. The summed E-state index contributed by atoms with van der Waals surface area (Å²) in [5.41, 5.74) is 5.26.